The Morgan fingerprint density at radius 1 is 1.38 bits per heavy atom. The van der Waals surface area contributed by atoms with Crippen LogP contribution in [-0.2, 0) is 14.3 Å². The molecule has 0 aliphatic carbocycles. The predicted octanol–water partition coefficient (Wildman–Crippen LogP) is 0.269. The summed E-state index contributed by atoms with van der Waals surface area (Å²) in [6, 6.07) is 0. The van der Waals surface area contributed by atoms with E-state index in [0.29, 0.717) is 26.4 Å². The Morgan fingerprint density at radius 3 is 2.62 bits per heavy atom. The van der Waals surface area contributed by atoms with Gasteiger partial charge in [0.25, 0.3) is 0 Å². The Morgan fingerprint density at radius 2 is 2.06 bits per heavy atom. The molecule has 1 unspecified atom stereocenters. The minimum Gasteiger partial charge on any atom is -0.466 e. The molecular weight excluding hydrogens is 210 g/mol. The number of rotatable bonds is 9. The summed E-state index contributed by atoms with van der Waals surface area (Å²) in [6.45, 7) is 6.57. The maximum atomic E-state index is 11.1. The molecule has 0 spiro atoms. The number of aliphatic hydroxyl groups is 1. The third-order valence-electron chi connectivity index (χ3n) is 2.05. The van der Waals surface area contributed by atoms with Gasteiger partial charge in [0.2, 0.25) is 0 Å². The molecule has 0 bridgehead atoms. The molecular formula is C11H23NO4. The Kier molecular flexibility index (Phi) is 9.18. The van der Waals surface area contributed by atoms with Crippen LogP contribution < -0.4 is 0 Å². The predicted molar refractivity (Wildman–Crippen MR) is 61.2 cm³/mol. The number of hydrogen-bond acceptors (Lipinski definition) is 5. The van der Waals surface area contributed by atoms with E-state index in [1.54, 1.807) is 6.92 Å². The molecule has 1 N–H and O–H groups in total. The number of ether oxygens (including phenoxy) is 2. The minimum absolute atomic E-state index is 0.0484. The Hall–Kier alpha value is -0.650. The van der Waals surface area contributed by atoms with Crippen LogP contribution in [0.3, 0.4) is 0 Å². The second-order valence-corrected chi connectivity index (χ2v) is 3.62. The fourth-order valence-corrected chi connectivity index (χ4v) is 1.29. The number of likely N-dealkylation sites (N-methyl/N-ethyl adjacent to an activating group) is 1. The standard InChI is InChI=1S/C11H23NO4/c1-4-15-7-6-12(3)9-10(13)8-11(14)16-5-2/h10,13H,4-9H2,1-3H3. The van der Waals surface area contributed by atoms with Crippen LogP contribution in [0.4, 0.5) is 0 Å². The molecule has 0 aromatic rings. The molecule has 0 aromatic heterocycles. The van der Waals surface area contributed by atoms with Gasteiger partial charge in [-0.2, -0.15) is 0 Å². The van der Waals surface area contributed by atoms with Crippen LogP contribution in [0.2, 0.25) is 0 Å². The van der Waals surface area contributed by atoms with Crippen molar-refractivity contribution in [3.8, 4) is 0 Å². The van der Waals surface area contributed by atoms with Crippen molar-refractivity contribution in [2.75, 3.05) is 40.0 Å². The number of carbonyl (C=O) groups is 1. The van der Waals surface area contributed by atoms with Crippen LogP contribution in [0.25, 0.3) is 0 Å². The lowest BCUT2D eigenvalue weighted by atomic mass is 10.2. The van der Waals surface area contributed by atoms with Crippen molar-refractivity contribution in [3.63, 3.8) is 0 Å². The van der Waals surface area contributed by atoms with Gasteiger partial charge >= 0.3 is 5.97 Å². The molecule has 0 saturated heterocycles. The van der Waals surface area contributed by atoms with Gasteiger partial charge < -0.3 is 19.5 Å². The van der Waals surface area contributed by atoms with Crippen molar-refractivity contribution in [3.05, 3.63) is 0 Å². The van der Waals surface area contributed by atoms with E-state index >= 15 is 0 Å². The topological polar surface area (TPSA) is 59.0 Å². The van der Waals surface area contributed by atoms with E-state index in [9.17, 15) is 9.90 Å². The van der Waals surface area contributed by atoms with E-state index in [1.165, 1.54) is 0 Å². The lowest BCUT2D eigenvalue weighted by molar-refractivity contribution is -0.145. The largest absolute Gasteiger partial charge is 0.466 e. The average Bonchev–Trinajstić information content (AvgIpc) is 2.17. The number of hydrogen-bond donors (Lipinski definition) is 1. The first-order valence-corrected chi connectivity index (χ1v) is 5.70. The summed E-state index contributed by atoms with van der Waals surface area (Å²) in [4.78, 5) is 13.0. The van der Waals surface area contributed by atoms with Crippen molar-refractivity contribution in [1.82, 2.24) is 4.90 Å². The maximum absolute atomic E-state index is 11.1. The Balaban J connectivity index is 3.60. The van der Waals surface area contributed by atoms with Crippen LogP contribution in [-0.4, -0.2) is 62.0 Å². The van der Waals surface area contributed by atoms with Gasteiger partial charge in [0, 0.05) is 19.7 Å². The van der Waals surface area contributed by atoms with Gasteiger partial charge in [0.05, 0.1) is 25.7 Å². The first-order valence-electron chi connectivity index (χ1n) is 5.70. The fraction of sp³-hybridized carbons (Fsp3) is 0.909. The van der Waals surface area contributed by atoms with Crippen LogP contribution in [0, 0.1) is 0 Å². The zero-order chi connectivity index (χ0) is 12.4. The van der Waals surface area contributed by atoms with Gasteiger partial charge in [0.15, 0.2) is 0 Å². The zero-order valence-electron chi connectivity index (χ0n) is 10.4. The number of esters is 1. The molecule has 0 fully saturated rings. The quantitative estimate of drug-likeness (QED) is 0.457. The molecule has 5 heteroatoms. The third kappa shape index (κ3) is 8.64. The number of carbonyl (C=O) groups excluding carboxylic acids is 1. The first-order chi connectivity index (χ1) is 7.60. The van der Waals surface area contributed by atoms with Gasteiger partial charge in [-0.05, 0) is 20.9 Å². The second-order valence-electron chi connectivity index (χ2n) is 3.62. The summed E-state index contributed by atoms with van der Waals surface area (Å²) in [5, 5.41) is 9.59. The molecule has 5 nitrogen and oxygen atoms in total. The summed E-state index contributed by atoms with van der Waals surface area (Å²) in [5.74, 6) is -0.354. The van der Waals surface area contributed by atoms with Crippen LogP contribution in [0.15, 0.2) is 0 Å². The Bertz CT molecular complexity index is 187. The molecule has 0 aliphatic rings. The summed E-state index contributed by atoms with van der Waals surface area (Å²) >= 11 is 0. The lowest BCUT2D eigenvalue weighted by Gasteiger charge is -2.19. The van der Waals surface area contributed by atoms with Gasteiger partial charge in [0.1, 0.15) is 0 Å². The molecule has 0 aliphatic heterocycles. The average molecular weight is 233 g/mol. The zero-order valence-corrected chi connectivity index (χ0v) is 10.4. The van der Waals surface area contributed by atoms with Gasteiger partial charge in [-0.25, -0.2) is 0 Å². The Labute approximate surface area is 97.3 Å². The van der Waals surface area contributed by atoms with Crippen LogP contribution in [0.1, 0.15) is 20.3 Å². The number of nitrogens with zero attached hydrogens (tertiary/aromatic N) is 1. The lowest BCUT2D eigenvalue weighted by Crippen LogP contribution is -2.33. The normalized spacial score (nSPS) is 12.8. The van der Waals surface area contributed by atoms with Gasteiger partial charge in [-0.1, -0.05) is 0 Å². The van der Waals surface area contributed by atoms with Crippen molar-refractivity contribution >= 4 is 5.97 Å². The molecule has 0 rings (SSSR count). The van der Waals surface area contributed by atoms with E-state index in [0.717, 1.165) is 6.54 Å². The van der Waals surface area contributed by atoms with Crippen molar-refractivity contribution in [1.29, 1.82) is 0 Å². The van der Waals surface area contributed by atoms with E-state index < -0.39 is 6.10 Å². The summed E-state index contributed by atoms with van der Waals surface area (Å²) in [6.07, 6.45) is -0.627. The van der Waals surface area contributed by atoms with E-state index in [-0.39, 0.29) is 12.4 Å². The fourth-order valence-electron chi connectivity index (χ4n) is 1.29. The highest BCUT2D eigenvalue weighted by Crippen LogP contribution is 1.97. The summed E-state index contributed by atoms with van der Waals surface area (Å²) in [5.41, 5.74) is 0. The summed E-state index contributed by atoms with van der Waals surface area (Å²) in [7, 11) is 1.88. The van der Waals surface area contributed by atoms with Crippen LogP contribution >= 0.6 is 0 Å². The molecule has 1 atom stereocenters. The highest BCUT2D eigenvalue weighted by molar-refractivity contribution is 5.69. The monoisotopic (exact) mass is 233 g/mol. The van der Waals surface area contributed by atoms with E-state index in [1.807, 2.05) is 18.9 Å². The third-order valence-corrected chi connectivity index (χ3v) is 2.05. The molecule has 0 radical (unpaired) electrons. The molecule has 96 valence electrons. The minimum atomic E-state index is -0.675. The molecule has 0 aromatic carbocycles. The highest BCUT2D eigenvalue weighted by atomic mass is 16.5. The van der Waals surface area contributed by atoms with Crippen molar-refractivity contribution in [2.45, 2.75) is 26.4 Å². The van der Waals surface area contributed by atoms with Crippen molar-refractivity contribution < 1.29 is 19.4 Å². The van der Waals surface area contributed by atoms with Gasteiger partial charge in [-0.3, -0.25) is 4.79 Å². The van der Waals surface area contributed by atoms with E-state index in [2.05, 4.69) is 0 Å². The highest BCUT2D eigenvalue weighted by Gasteiger charge is 2.13. The maximum Gasteiger partial charge on any atom is 0.308 e. The number of aliphatic hydroxyl groups excluding tert-OH is 1. The van der Waals surface area contributed by atoms with Gasteiger partial charge in [-0.15, -0.1) is 0 Å². The molecule has 0 saturated carbocycles. The second kappa shape index (κ2) is 9.57. The molecule has 0 heterocycles. The molecule has 16 heavy (non-hydrogen) atoms. The SMILES string of the molecule is CCOCCN(C)CC(O)CC(=O)OCC. The van der Waals surface area contributed by atoms with Crippen LogP contribution in [0.5, 0.6) is 0 Å². The first kappa shape index (κ1) is 15.3. The summed E-state index contributed by atoms with van der Waals surface area (Å²) < 4.78 is 9.94. The van der Waals surface area contributed by atoms with E-state index in [4.69, 9.17) is 9.47 Å². The smallest absolute Gasteiger partial charge is 0.308 e. The molecule has 0 amide bonds. The van der Waals surface area contributed by atoms with Crippen molar-refractivity contribution in [2.24, 2.45) is 0 Å².